The molecular formula is C20H25NO4. The van der Waals surface area contributed by atoms with Gasteiger partial charge in [-0.25, -0.2) is 0 Å². The van der Waals surface area contributed by atoms with Gasteiger partial charge in [0.15, 0.2) is 11.5 Å². The average Bonchev–Trinajstić information content (AvgIpc) is 2.97. The highest BCUT2D eigenvalue weighted by Gasteiger charge is 2.57. The molecular weight excluding hydrogens is 318 g/mol. The second kappa shape index (κ2) is 5.37. The molecule has 1 aromatic carbocycles. The van der Waals surface area contributed by atoms with E-state index in [4.69, 9.17) is 9.47 Å². The molecule has 134 valence electrons. The summed E-state index contributed by atoms with van der Waals surface area (Å²) in [5.74, 6) is 2.84. The van der Waals surface area contributed by atoms with Gasteiger partial charge >= 0.3 is 0 Å². The number of nitrogens with one attached hydrogen (secondary N) is 1. The van der Waals surface area contributed by atoms with E-state index < -0.39 is 5.60 Å². The monoisotopic (exact) mass is 343 g/mol. The number of hydrogen-bond acceptors (Lipinski definition) is 4. The summed E-state index contributed by atoms with van der Waals surface area (Å²) in [5, 5.41) is 13.9. The summed E-state index contributed by atoms with van der Waals surface area (Å²) in [6, 6.07) is 5.77. The third-order valence-corrected chi connectivity index (χ3v) is 6.61. The molecule has 5 aliphatic rings. The second-order valence-corrected chi connectivity index (χ2v) is 8.83. The van der Waals surface area contributed by atoms with Gasteiger partial charge in [0.25, 0.3) is 0 Å². The molecule has 2 N–H and O–H groups in total. The lowest BCUT2D eigenvalue weighted by molar-refractivity contribution is -0.169. The van der Waals surface area contributed by atoms with Crippen LogP contribution in [-0.4, -0.2) is 23.4 Å². The number of rotatable bonds is 4. The van der Waals surface area contributed by atoms with Crippen molar-refractivity contribution < 1.29 is 19.4 Å². The fourth-order valence-corrected chi connectivity index (χ4v) is 6.26. The number of aliphatic hydroxyl groups is 1. The van der Waals surface area contributed by atoms with E-state index in [2.05, 4.69) is 5.32 Å². The van der Waals surface area contributed by atoms with E-state index in [1.807, 2.05) is 18.2 Å². The molecule has 1 aliphatic heterocycles. The van der Waals surface area contributed by atoms with Crippen LogP contribution in [0.4, 0.5) is 0 Å². The van der Waals surface area contributed by atoms with Crippen molar-refractivity contribution in [3.63, 3.8) is 0 Å². The van der Waals surface area contributed by atoms with Crippen LogP contribution < -0.4 is 14.8 Å². The van der Waals surface area contributed by atoms with Gasteiger partial charge in [0.1, 0.15) is 0 Å². The average molecular weight is 343 g/mol. The van der Waals surface area contributed by atoms with Crippen LogP contribution in [-0.2, 0) is 11.3 Å². The van der Waals surface area contributed by atoms with E-state index in [1.165, 1.54) is 6.42 Å². The van der Waals surface area contributed by atoms with Crippen molar-refractivity contribution in [3.8, 4) is 11.5 Å². The Morgan fingerprint density at radius 3 is 2.68 bits per heavy atom. The van der Waals surface area contributed by atoms with Crippen molar-refractivity contribution in [2.45, 2.75) is 57.1 Å². The molecule has 5 nitrogen and oxygen atoms in total. The molecule has 1 heterocycles. The van der Waals surface area contributed by atoms with E-state index in [0.717, 1.165) is 49.2 Å². The first-order valence-electron chi connectivity index (χ1n) is 9.39. The molecule has 0 saturated heterocycles. The maximum atomic E-state index is 12.6. The van der Waals surface area contributed by atoms with Crippen molar-refractivity contribution in [3.05, 3.63) is 23.8 Å². The summed E-state index contributed by atoms with van der Waals surface area (Å²) < 4.78 is 10.7. The highest BCUT2D eigenvalue weighted by molar-refractivity contribution is 5.76. The standard InChI is InChI=1S/C20H25NO4/c22-18(21-10-13-1-2-16-17(4-13)25-12-24-16)9-19-5-14-3-15(6-19)8-20(23,7-14)11-19/h1-2,4,14-15,23H,3,5-12H2,(H,21,22)/t14-,15+,19?,20?. The smallest absolute Gasteiger partial charge is 0.231 e. The molecule has 1 aromatic rings. The summed E-state index contributed by atoms with van der Waals surface area (Å²) in [5.41, 5.74) is 0.543. The van der Waals surface area contributed by atoms with E-state index in [0.29, 0.717) is 24.8 Å². The molecule has 0 aromatic heterocycles. The van der Waals surface area contributed by atoms with Gasteiger partial charge < -0.3 is 19.9 Å². The molecule has 2 unspecified atom stereocenters. The Morgan fingerprint density at radius 1 is 1.16 bits per heavy atom. The number of ether oxygens (including phenoxy) is 2. The maximum Gasteiger partial charge on any atom is 0.231 e. The first kappa shape index (κ1) is 15.5. The molecule has 0 radical (unpaired) electrons. The van der Waals surface area contributed by atoms with Gasteiger partial charge in [-0.2, -0.15) is 0 Å². The molecule has 5 heteroatoms. The molecule has 4 atom stereocenters. The summed E-state index contributed by atoms with van der Waals surface area (Å²) in [6.07, 6.45) is 6.74. The lowest BCUT2D eigenvalue weighted by Gasteiger charge is -2.60. The Labute approximate surface area is 147 Å². The topological polar surface area (TPSA) is 67.8 Å². The predicted molar refractivity (Wildman–Crippen MR) is 91.1 cm³/mol. The van der Waals surface area contributed by atoms with Crippen LogP contribution >= 0.6 is 0 Å². The Hall–Kier alpha value is -1.75. The number of carbonyl (C=O) groups excluding carboxylic acids is 1. The van der Waals surface area contributed by atoms with Gasteiger partial charge in [-0.15, -0.1) is 0 Å². The van der Waals surface area contributed by atoms with Crippen LogP contribution in [0.1, 0.15) is 50.5 Å². The normalized spacial score (nSPS) is 37.3. The summed E-state index contributed by atoms with van der Waals surface area (Å²) >= 11 is 0. The number of carbonyl (C=O) groups is 1. The van der Waals surface area contributed by atoms with Gasteiger partial charge in [0.05, 0.1) is 5.60 Å². The first-order chi connectivity index (χ1) is 12.0. The molecule has 4 fully saturated rings. The number of benzene rings is 1. The Kier molecular flexibility index (Phi) is 3.33. The number of amides is 1. The van der Waals surface area contributed by atoms with Crippen LogP contribution in [0.3, 0.4) is 0 Å². The highest BCUT2D eigenvalue weighted by Crippen LogP contribution is 2.62. The molecule has 6 rings (SSSR count). The second-order valence-electron chi connectivity index (χ2n) is 8.83. The van der Waals surface area contributed by atoms with E-state index in [9.17, 15) is 9.90 Å². The summed E-state index contributed by atoms with van der Waals surface area (Å²) in [4.78, 5) is 12.6. The lowest BCUT2D eigenvalue weighted by atomic mass is 9.47. The molecule has 25 heavy (non-hydrogen) atoms. The van der Waals surface area contributed by atoms with E-state index >= 15 is 0 Å². The zero-order chi connectivity index (χ0) is 17.1. The molecule has 4 saturated carbocycles. The minimum atomic E-state index is -0.498. The van der Waals surface area contributed by atoms with Gasteiger partial charge in [0.2, 0.25) is 12.7 Å². The minimum Gasteiger partial charge on any atom is -0.454 e. The van der Waals surface area contributed by atoms with Crippen molar-refractivity contribution >= 4 is 5.91 Å². The Morgan fingerprint density at radius 2 is 1.92 bits per heavy atom. The van der Waals surface area contributed by atoms with Crippen LogP contribution in [0.25, 0.3) is 0 Å². The van der Waals surface area contributed by atoms with Crippen LogP contribution in [0.2, 0.25) is 0 Å². The summed E-state index contributed by atoms with van der Waals surface area (Å²) in [7, 11) is 0. The third kappa shape index (κ3) is 2.78. The maximum absolute atomic E-state index is 12.6. The SMILES string of the molecule is O=C(CC12C[C@@H]3C[C@@H](CC(O)(C3)C1)C2)NCc1ccc2c(c1)OCO2. The van der Waals surface area contributed by atoms with Crippen LogP contribution in [0, 0.1) is 17.3 Å². The van der Waals surface area contributed by atoms with E-state index in [-0.39, 0.29) is 18.1 Å². The summed E-state index contributed by atoms with van der Waals surface area (Å²) in [6.45, 7) is 0.765. The van der Waals surface area contributed by atoms with Crippen LogP contribution in [0.5, 0.6) is 11.5 Å². The zero-order valence-electron chi connectivity index (χ0n) is 14.4. The van der Waals surface area contributed by atoms with Gasteiger partial charge in [-0.1, -0.05) is 6.07 Å². The molecule has 4 aliphatic carbocycles. The Bertz CT molecular complexity index is 702. The van der Waals surface area contributed by atoms with Crippen LogP contribution in [0.15, 0.2) is 18.2 Å². The predicted octanol–water partition coefficient (Wildman–Crippen LogP) is 2.75. The molecule has 0 spiro atoms. The van der Waals surface area contributed by atoms with Crippen molar-refractivity contribution in [1.29, 1.82) is 0 Å². The van der Waals surface area contributed by atoms with Crippen molar-refractivity contribution in [1.82, 2.24) is 5.32 Å². The quantitative estimate of drug-likeness (QED) is 0.882. The highest BCUT2D eigenvalue weighted by atomic mass is 16.7. The van der Waals surface area contributed by atoms with Gasteiger partial charge in [-0.05, 0) is 73.5 Å². The lowest BCUT2D eigenvalue weighted by Crippen LogP contribution is -2.56. The molecule has 1 amide bonds. The van der Waals surface area contributed by atoms with E-state index in [1.54, 1.807) is 0 Å². The Balaban J connectivity index is 1.22. The zero-order valence-corrected chi connectivity index (χ0v) is 14.4. The fraction of sp³-hybridized carbons (Fsp3) is 0.650. The van der Waals surface area contributed by atoms with Crippen molar-refractivity contribution in [2.75, 3.05) is 6.79 Å². The van der Waals surface area contributed by atoms with Gasteiger partial charge in [0, 0.05) is 13.0 Å². The minimum absolute atomic E-state index is 0.0256. The number of hydrogen-bond donors (Lipinski definition) is 2. The largest absolute Gasteiger partial charge is 0.454 e. The van der Waals surface area contributed by atoms with Gasteiger partial charge in [-0.3, -0.25) is 4.79 Å². The molecule has 4 bridgehead atoms. The first-order valence-corrected chi connectivity index (χ1v) is 9.39. The van der Waals surface area contributed by atoms with Crippen molar-refractivity contribution in [2.24, 2.45) is 17.3 Å². The fourth-order valence-electron chi connectivity index (χ4n) is 6.26. The number of fused-ring (bicyclic) bond motifs is 1. The third-order valence-electron chi connectivity index (χ3n) is 6.61.